The number of hydrogen-bond donors (Lipinski definition) is 2. The van der Waals surface area contributed by atoms with Gasteiger partial charge in [0.1, 0.15) is 5.75 Å². The van der Waals surface area contributed by atoms with E-state index in [2.05, 4.69) is 63.5 Å². The lowest BCUT2D eigenvalue weighted by Gasteiger charge is -2.26. The molecular formula is C16H25BrO3. The van der Waals surface area contributed by atoms with Gasteiger partial charge in [-0.05, 0) is 38.4 Å². The quantitative estimate of drug-likeness (QED) is 0.707. The Morgan fingerprint density at radius 1 is 1.05 bits per heavy atom. The number of rotatable bonds is 0. The maximum absolute atomic E-state index is 10.1. The molecule has 0 radical (unpaired) electrons. The second-order valence-electron chi connectivity index (χ2n) is 6.87. The van der Waals surface area contributed by atoms with E-state index in [9.17, 15) is 5.11 Å². The smallest absolute Gasteiger partial charge is 0.300 e. The summed E-state index contributed by atoms with van der Waals surface area (Å²) in [5.41, 5.74) is 2.28. The number of carboxylic acid groups (broad SMARTS) is 1. The highest BCUT2D eigenvalue weighted by atomic mass is 79.9. The molecule has 0 bridgehead atoms. The summed E-state index contributed by atoms with van der Waals surface area (Å²) in [5.74, 6) is -0.472. The number of phenolic OH excluding ortho intramolecular Hbond substituents is 1. The highest BCUT2D eigenvalue weighted by molar-refractivity contribution is 9.10. The predicted octanol–water partition coefficient (Wildman–Crippen LogP) is 4.84. The first-order valence-electron chi connectivity index (χ1n) is 6.50. The molecule has 0 aliphatic rings. The van der Waals surface area contributed by atoms with E-state index < -0.39 is 5.97 Å². The third kappa shape index (κ3) is 5.95. The number of aliphatic carboxylic acids is 1. The van der Waals surface area contributed by atoms with Crippen molar-refractivity contribution in [2.75, 3.05) is 0 Å². The van der Waals surface area contributed by atoms with E-state index in [0.717, 1.165) is 17.0 Å². The summed E-state index contributed by atoms with van der Waals surface area (Å²) >= 11 is 3.43. The van der Waals surface area contributed by atoms with Crippen molar-refractivity contribution in [2.24, 2.45) is 0 Å². The number of carbonyl (C=O) groups is 1. The minimum Gasteiger partial charge on any atom is -0.506 e. The summed E-state index contributed by atoms with van der Waals surface area (Å²) in [4.78, 5) is 9.00. The van der Waals surface area contributed by atoms with Crippen LogP contribution in [0.2, 0.25) is 0 Å². The van der Waals surface area contributed by atoms with Gasteiger partial charge in [-0.3, -0.25) is 4.79 Å². The summed E-state index contributed by atoms with van der Waals surface area (Å²) in [6, 6.07) is 4.12. The van der Waals surface area contributed by atoms with Gasteiger partial charge in [0.05, 0.1) is 4.47 Å². The van der Waals surface area contributed by atoms with Gasteiger partial charge in [0.2, 0.25) is 0 Å². The molecule has 3 nitrogen and oxygen atoms in total. The van der Waals surface area contributed by atoms with Crippen LogP contribution in [-0.2, 0) is 15.6 Å². The van der Waals surface area contributed by atoms with Crippen LogP contribution in [0.3, 0.4) is 0 Å². The van der Waals surface area contributed by atoms with Crippen LogP contribution >= 0.6 is 15.9 Å². The van der Waals surface area contributed by atoms with Crippen LogP contribution in [0.15, 0.2) is 16.6 Å². The summed E-state index contributed by atoms with van der Waals surface area (Å²) in [7, 11) is 0. The molecule has 0 fully saturated rings. The largest absolute Gasteiger partial charge is 0.506 e. The van der Waals surface area contributed by atoms with Crippen molar-refractivity contribution in [1.29, 1.82) is 0 Å². The van der Waals surface area contributed by atoms with Crippen LogP contribution in [-0.4, -0.2) is 16.2 Å². The Balaban J connectivity index is 0.000000796. The van der Waals surface area contributed by atoms with Crippen molar-refractivity contribution >= 4 is 21.9 Å². The average Bonchev–Trinajstić information content (AvgIpc) is 2.17. The third-order valence-corrected chi connectivity index (χ3v) is 3.34. The van der Waals surface area contributed by atoms with E-state index in [0.29, 0.717) is 5.75 Å². The van der Waals surface area contributed by atoms with Gasteiger partial charge in [0.15, 0.2) is 0 Å². The van der Waals surface area contributed by atoms with E-state index in [1.807, 2.05) is 6.07 Å². The van der Waals surface area contributed by atoms with E-state index >= 15 is 0 Å². The van der Waals surface area contributed by atoms with Crippen LogP contribution in [0.25, 0.3) is 0 Å². The Morgan fingerprint density at radius 2 is 1.45 bits per heavy atom. The van der Waals surface area contributed by atoms with Crippen LogP contribution in [0.1, 0.15) is 59.6 Å². The van der Waals surface area contributed by atoms with Crippen molar-refractivity contribution in [1.82, 2.24) is 0 Å². The molecule has 0 spiro atoms. The van der Waals surface area contributed by atoms with Crippen LogP contribution < -0.4 is 0 Å². The van der Waals surface area contributed by atoms with Crippen molar-refractivity contribution in [2.45, 2.75) is 59.3 Å². The lowest BCUT2D eigenvalue weighted by atomic mass is 9.80. The van der Waals surface area contributed by atoms with Gasteiger partial charge in [-0.1, -0.05) is 47.6 Å². The molecule has 0 saturated carbocycles. The lowest BCUT2D eigenvalue weighted by molar-refractivity contribution is -0.134. The molecule has 0 heterocycles. The molecule has 0 aromatic heterocycles. The van der Waals surface area contributed by atoms with Crippen LogP contribution in [0, 0.1) is 0 Å². The summed E-state index contributed by atoms with van der Waals surface area (Å²) in [6.07, 6.45) is 0. The summed E-state index contributed by atoms with van der Waals surface area (Å²) in [5, 5.41) is 17.5. The molecule has 0 saturated heterocycles. The molecule has 0 atom stereocenters. The zero-order valence-corrected chi connectivity index (χ0v) is 14.9. The number of hydrogen-bond acceptors (Lipinski definition) is 2. The summed E-state index contributed by atoms with van der Waals surface area (Å²) < 4.78 is 0.782. The fraction of sp³-hybridized carbons (Fsp3) is 0.562. The fourth-order valence-corrected chi connectivity index (χ4v) is 2.06. The first kappa shape index (κ1) is 19.0. The molecule has 20 heavy (non-hydrogen) atoms. The minimum atomic E-state index is -0.833. The highest BCUT2D eigenvalue weighted by Gasteiger charge is 2.24. The van der Waals surface area contributed by atoms with Crippen molar-refractivity contribution in [3.8, 4) is 5.75 Å². The van der Waals surface area contributed by atoms with Crippen LogP contribution in [0.5, 0.6) is 5.75 Å². The molecule has 0 unspecified atom stereocenters. The molecule has 0 aliphatic carbocycles. The number of phenols is 1. The fourth-order valence-electron chi connectivity index (χ4n) is 1.60. The summed E-state index contributed by atoms with van der Waals surface area (Å²) in [6.45, 7) is 14.0. The maximum atomic E-state index is 10.1. The van der Waals surface area contributed by atoms with Gasteiger partial charge in [-0.2, -0.15) is 0 Å². The first-order chi connectivity index (χ1) is 8.76. The topological polar surface area (TPSA) is 57.5 Å². The Bertz CT molecular complexity index is 476. The molecule has 114 valence electrons. The van der Waals surface area contributed by atoms with Crippen molar-refractivity contribution in [3.63, 3.8) is 0 Å². The van der Waals surface area contributed by atoms with E-state index in [-0.39, 0.29) is 10.8 Å². The standard InChI is InChI=1S/C14H21BrO.C2H4O2/c1-13(2,3)9-7-10(14(4,5)6)12(16)11(15)8-9;1-2(3)4/h7-8,16H,1-6H3;1H3,(H,3,4). The number of carboxylic acids is 1. The monoisotopic (exact) mass is 344 g/mol. The van der Waals surface area contributed by atoms with Gasteiger partial charge in [0, 0.05) is 12.5 Å². The van der Waals surface area contributed by atoms with Gasteiger partial charge >= 0.3 is 0 Å². The Morgan fingerprint density at radius 3 is 1.75 bits per heavy atom. The molecule has 1 rings (SSSR count). The second-order valence-corrected chi connectivity index (χ2v) is 7.73. The van der Waals surface area contributed by atoms with E-state index in [4.69, 9.17) is 9.90 Å². The van der Waals surface area contributed by atoms with Gasteiger partial charge in [0.25, 0.3) is 5.97 Å². The molecule has 4 heteroatoms. The molecule has 0 amide bonds. The van der Waals surface area contributed by atoms with Gasteiger partial charge < -0.3 is 10.2 Å². The number of benzene rings is 1. The molecular weight excluding hydrogens is 320 g/mol. The zero-order chi connectivity index (χ0) is 16.3. The molecule has 1 aromatic rings. The first-order valence-corrected chi connectivity index (χ1v) is 7.29. The molecule has 1 aromatic carbocycles. The van der Waals surface area contributed by atoms with Gasteiger partial charge in [-0.25, -0.2) is 0 Å². The SMILES string of the molecule is CC(=O)O.CC(C)(C)c1cc(Br)c(O)c(C(C)(C)C)c1. The number of halogens is 1. The molecule has 2 N–H and O–H groups in total. The van der Waals surface area contributed by atoms with Crippen molar-refractivity contribution in [3.05, 3.63) is 27.7 Å². The van der Waals surface area contributed by atoms with Gasteiger partial charge in [-0.15, -0.1) is 0 Å². The maximum Gasteiger partial charge on any atom is 0.300 e. The van der Waals surface area contributed by atoms with E-state index in [1.54, 1.807) is 0 Å². The second kappa shape index (κ2) is 6.61. The van der Waals surface area contributed by atoms with Crippen LogP contribution in [0.4, 0.5) is 0 Å². The Hall–Kier alpha value is -1.03. The minimum absolute atomic E-state index is 0.0478. The number of aromatic hydroxyl groups is 1. The lowest BCUT2D eigenvalue weighted by Crippen LogP contribution is -2.16. The van der Waals surface area contributed by atoms with E-state index in [1.165, 1.54) is 5.56 Å². The normalized spacial score (nSPS) is 11.6. The zero-order valence-electron chi connectivity index (χ0n) is 13.3. The Labute approximate surface area is 130 Å². The average molecular weight is 345 g/mol. The highest BCUT2D eigenvalue weighted by Crippen LogP contribution is 2.39. The third-order valence-electron chi connectivity index (χ3n) is 2.74. The predicted molar refractivity (Wildman–Crippen MR) is 86.5 cm³/mol. The van der Waals surface area contributed by atoms with Crippen molar-refractivity contribution < 1.29 is 15.0 Å². The Kier molecular flexibility index (Phi) is 6.27. The molecule has 0 aliphatic heterocycles.